The maximum atomic E-state index is 12.7. The standard InChI is InChI=1S/C30H51N5O2/c1-20(2)26-18-27(33-29(32-26)30(4,5)6)35-16-15-34(19-21(35)3)14-13-22-7-10-24(17-22)31-28(37)23-8-11-25(36)12-9-23/h18,20-25,36H,7-17,19H2,1-6H3,(H,31,37)/t21-,22-,23?,24-,25?/m0/s1. The number of aliphatic hydroxyl groups excluding tert-OH is 1. The van der Waals surface area contributed by atoms with Gasteiger partial charge in [-0.2, -0.15) is 0 Å². The van der Waals surface area contributed by atoms with E-state index in [-0.39, 0.29) is 23.3 Å². The molecule has 0 spiro atoms. The molecule has 1 saturated heterocycles. The number of carbonyl (C=O) groups is 1. The first-order valence-corrected chi connectivity index (χ1v) is 14.9. The zero-order valence-electron chi connectivity index (χ0n) is 24.2. The number of carbonyl (C=O) groups excluding carboxylic acids is 1. The van der Waals surface area contributed by atoms with E-state index in [0.29, 0.717) is 23.9 Å². The second kappa shape index (κ2) is 12.0. The van der Waals surface area contributed by atoms with Gasteiger partial charge in [-0.05, 0) is 76.7 Å². The summed E-state index contributed by atoms with van der Waals surface area (Å²) in [4.78, 5) is 27.7. The van der Waals surface area contributed by atoms with Gasteiger partial charge in [-0.1, -0.05) is 34.6 Å². The van der Waals surface area contributed by atoms with Crippen molar-refractivity contribution >= 4 is 11.7 Å². The highest BCUT2D eigenvalue weighted by Gasteiger charge is 2.32. The van der Waals surface area contributed by atoms with Gasteiger partial charge in [0.2, 0.25) is 5.91 Å². The van der Waals surface area contributed by atoms with Crippen LogP contribution in [0.25, 0.3) is 0 Å². The molecule has 0 radical (unpaired) electrons. The lowest BCUT2D eigenvalue weighted by Gasteiger charge is -2.41. The molecule has 2 aliphatic carbocycles. The van der Waals surface area contributed by atoms with E-state index in [2.05, 4.69) is 62.7 Å². The molecule has 3 aliphatic rings. The molecule has 4 rings (SSSR count). The average molecular weight is 514 g/mol. The van der Waals surface area contributed by atoms with Gasteiger partial charge in [0.15, 0.2) is 0 Å². The van der Waals surface area contributed by atoms with Crippen molar-refractivity contribution in [3.05, 3.63) is 17.6 Å². The number of aromatic nitrogens is 2. The first-order chi connectivity index (χ1) is 17.5. The summed E-state index contributed by atoms with van der Waals surface area (Å²) in [7, 11) is 0. The van der Waals surface area contributed by atoms with Crippen LogP contribution < -0.4 is 10.2 Å². The fourth-order valence-corrected chi connectivity index (χ4v) is 6.30. The Hall–Kier alpha value is -1.73. The zero-order chi connectivity index (χ0) is 26.7. The van der Waals surface area contributed by atoms with Gasteiger partial charge in [0.1, 0.15) is 11.6 Å². The van der Waals surface area contributed by atoms with Crippen LogP contribution in [-0.2, 0) is 10.2 Å². The Balaban J connectivity index is 1.24. The summed E-state index contributed by atoms with van der Waals surface area (Å²) in [6, 6.07) is 2.96. The van der Waals surface area contributed by atoms with Crippen molar-refractivity contribution < 1.29 is 9.90 Å². The maximum absolute atomic E-state index is 12.7. The van der Waals surface area contributed by atoms with Gasteiger partial charge in [0.25, 0.3) is 0 Å². The molecular formula is C30H51N5O2. The molecule has 2 saturated carbocycles. The largest absolute Gasteiger partial charge is 0.393 e. The third-order valence-corrected chi connectivity index (χ3v) is 8.81. The fourth-order valence-electron chi connectivity index (χ4n) is 6.30. The van der Waals surface area contributed by atoms with Gasteiger partial charge < -0.3 is 15.3 Å². The molecule has 1 amide bonds. The highest BCUT2D eigenvalue weighted by atomic mass is 16.3. The number of hydrogen-bond donors (Lipinski definition) is 2. The predicted octanol–water partition coefficient (Wildman–Crippen LogP) is 4.63. The molecule has 7 nitrogen and oxygen atoms in total. The van der Waals surface area contributed by atoms with Crippen LogP contribution in [0.2, 0.25) is 0 Å². The van der Waals surface area contributed by atoms with Crippen LogP contribution in [0, 0.1) is 11.8 Å². The first-order valence-electron chi connectivity index (χ1n) is 14.9. The second-order valence-corrected chi connectivity index (χ2v) is 13.4. The molecular weight excluding hydrogens is 462 g/mol. The van der Waals surface area contributed by atoms with Crippen LogP contribution >= 0.6 is 0 Å². The van der Waals surface area contributed by atoms with Crippen molar-refractivity contribution in [2.24, 2.45) is 11.8 Å². The lowest BCUT2D eigenvalue weighted by Crippen LogP contribution is -2.52. The van der Waals surface area contributed by atoms with Crippen molar-refractivity contribution in [2.75, 3.05) is 31.1 Å². The number of piperazine rings is 1. The maximum Gasteiger partial charge on any atom is 0.223 e. The summed E-state index contributed by atoms with van der Waals surface area (Å²) in [5.74, 6) is 3.44. The second-order valence-electron chi connectivity index (χ2n) is 13.4. The van der Waals surface area contributed by atoms with E-state index in [4.69, 9.17) is 9.97 Å². The number of hydrogen-bond acceptors (Lipinski definition) is 6. The van der Waals surface area contributed by atoms with Crippen molar-refractivity contribution in [3.63, 3.8) is 0 Å². The molecule has 0 bridgehead atoms. The Morgan fingerprint density at radius 2 is 1.84 bits per heavy atom. The van der Waals surface area contributed by atoms with E-state index in [1.807, 2.05) is 0 Å². The number of amides is 1. The average Bonchev–Trinajstić information content (AvgIpc) is 3.29. The van der Waals surface area contributed by atoms with E-state index < -0.39 is 0 Å². The van der Waals surface area contributed by atoms with E-state index in [1.54, 1.807) is 0 Å². The molecule has 7 heteroatoms. The minimum atomic E-state index is -0.205. The normalized spacial score (nSPS) is 29.6. The molecule has 0 aromatic carbocycles. The van der Waals surface area contributed by atoms with Crippen LogP contribution in [0.5, 0.6) is 0 Å². The molecule has 1 aliphatic heterocycles. The van der Waals surface area contributed by atoms with Crippen molar-refractivity contribution in [3.8, 4) is 0 Å². The minimum absolute atomic E-state index is 0.0672. The summed E-state index contributed by atoms with van der Waals surface area (Å²) in [5, 5.41) is 13.0. The Bertz CT molecular complexity index is 906. The van der Waals surface area contributed by atoms with Gasteiger partial charge in [0.05, 0.1) is 6.10 Å². The van der Waals surface area contributed by atoms with E-state index in [0.717, 1.165) is 82.0 Å². The zero-order valence-corrected chi connectivity index (χ0v) is 24.2. The molecule has 0 unspecified atom stereocenters. The summed E-state index contributed by atoms with van der Waals surface area (Å²) in [6.07, 6.45) is 7.66. The number of aliphatic hydroxyl groups is 1. The number of anilines is 1. The Kier molecular flexibility index (Phi) is 9.16. The Labute approximate surface area is 224 Å². The summed E-state index contributed by atoms with van der Waals surface area (Å²) in [5.41, 5.74) is 1.07. The third kappa shape index (κ3) is 7.44. The van der Waals surface area contributed by atoms with Crippen LogP contribution in [-0.4, -0.2) is 70.2 Å². The van der Waals surface area contributed by atoms with Crippen molar-refractivity contribution in [2.45, 2.75) is 122 Å². The minimum Gasteiger partial charge on any atom is -0.393 e. The van der Waals surface area contributed by atoms with Gasteiger partial charge in [0, 0.05) is 54.8 Å². The van der Waals surface area contributed by atoms with Gasteiger partial charge >= 0.3 is 0 Å². The van der Waals surface area contributed by atoms with Crippen LogP contribution in [0.3, 0.4) is 0 Å². The molecule has 208 valence electrons. The molecule has 1 aromatic heterocycles. The van der Waals surface area contributed by atoms with Crippen molar-refractivity contribution in [1.29, 1.82) is 0 Å². The van der Waals surface area contributed by atoms with Crippen LogP contribution in [0.1, 0.15) is 110 Å². The first kappa shape index (κ1) is 28.3. The SMILES string of the molecule is CC(C)c1cc(N2CCN(CC[C@@H]3CC[C@H](NC(=O)C4CCC(O)CC4)C3)C[C@@H]2C)nc(C(C)(C)C)n1. The van der Waals surface area contributed by atoms with Gasteiger partial charge in [-0.3, -0.25) is 9.69 Å². The predicted molar refractivity (Wildman–Crippen MR) is 150 cm³/mol. The third-order valence-electron chi connectivity index (χ3n) is 8.81. The van der Waals surface area contributed by atoms with Crippen LogP contribution in [0.15, 0.2) is 6.07 Å². The summed E-state index contributed by atoms with van der Waals surface area (Å²) in [6.45, 7) is 17.6. The number of nitrogens with zero attached hydrogens (tertiary/aromatic N) is 4. The molecule has 1 aromatic rings. The quantitative estimate of drug-likeness (QED) is 0.553. The lowest BCUT2D eigenvalue weighted by atomic mass is 9.86. The number of rotatable bonds is 7. The molecule has 37 heavy (non-hydrogen) atoms. The fraction of sp³-hybridized carbons (Fsp3) is 0.833. The van der Waals surface area contributed by atoms with Crippen LogP contribution in [0.4, 0.5) is 5.82 Å². The Morgan fingerprint density at radius 1 is 1.11 bits per heavy atom. The highest BCUT2D eigenvalue weighted by molar-refractivity contribution is 5.79. The number of nitrogens with one attached hydrogen (secondary N) is 1. The molecule has 2 heterocycles. The lowest BCUT2D eigenvalue weighted by molar-refractivity contribution is -0.127. The molecule has 2 N–H and O–H groups in total. The van der Waals surface area contributed by atoms with E-state index in [1.165, 1.54) is 12.8 Å². The summed E-state index contributed by atoms with van der Waals surface area (Å²) < 4.78 is 0. The Morgan fingerprint density at radius 3 is 2.49 bits per heavy atom. The molecule has 3 atom stereocenters. The summed E-state index contributed by atoms with van der Waals surface area (Å²) >= 11 is 0. The van der Waals surface area contributed by atoms with E-state index >= 15 is 0 Å². The monoisotopic (exact) mass is 513 g/mol. The van der Waals surface area contributed by atoms with Gasteiger partial charge in [-0.25, -0.2) is 9.97 Å². The molecule has 3 fully saturated rings. The highest BCUT2D eigenvalue weighted by Crippen LogP contribution is 2.31. The topological polar surface area (TPSA) is 81.6 Å². The van der Waals surface area contributed by atoms with Crippen molar-refractivity contribution in [1.82, 2.24) is 20.2 Å². The van der Waals surface area contributed by atoms with Gasteiger partial charge in [-0.15, -0.1) is 0 Å². The smallest absolute Gasteiger partial charge is 0.223 e. The van der Waals surface area contributed by atoms with E-state index in [9.17, 15) is 9.90 Å².